The monoisotopic (exact) mass is 269 g/mol. The zero-order valence-corrected chi connectivity index (χ0v) is 11.6. The fourth-order valence-corrected chi connectivity index (χ4v) is 3.10. The molecule has 0 amide bonds. The first kappa shape index (κ1) is 13.8. The predicted octanol–water partition coefficient (Wildman–Crippen LogP) is 4.32. The summed E-state index contributed by atoms with van der Waals surface area (Å²) in [6.45, 7) is 2.28. The second-order valence-corrected chi connectivity index (χ2v) is 6.18. The fourth-order valence-electron chi connectivity index (χ4n) is 2.90. The van der Waals surface area contributed by atoms with Crippen LogP contribution in [0.3, 0.4) is 0 Å². The molecular weight excluding hydrogens is 249 g/mol. The Bertz CT molecular complexity index is 413. The standard InChI is InChI=1S/C15H21ClFN/c1-15(7-3-2-4-8-15)14(18)10-11-5-6-13(17)12(16)9-11/h5-6,9,14H,2-4,7-8,10,18H2,1H3. The molecule has 0 spiro atoms. The van der Waals surface area contributed by atoms with Crippen LogP contribution >= 0.6 is 11.6 Å². The summed E-state index contributed by atoms with van der Waals surface area (Å²) in [6, 6.07) is 5.03. The lowest BCUT2D eigenvalue weighted by Crippen LogP contribution is -2.42. The third-order valence-electron chi connectivity index (χ3n) is 4.33. The van der Waals surface area contributed by atoms with Gasteiger partial charge in [0, 0.05) is 6.04 Å². The maximum absolute atomic E-state index is 13.1. The van der Waals surface area contributed by atoms with E-state index in [0.717, 1.165) is 12.0 Å². The third-order valence-corrected chi connectivity index (χ3v) is 4.62. The Hall–Kier alpha value is -0.600. The molecule has 1 unspecified atom stereocenters. The summed E-state index contributed by atoms with van der Waals surface area (Å²) in [4.78, 5) is 0. The van der Waals surface area contributed by atoms with Gasteiger partial charge in [0.2, 0.25) is 0 Å². The number of rotatable bonds is 3. The maximum atomic E-state index is 13.1. The second-order valence-electron chi connectivity index (χ2n) is 5.77. The molecule has 1 atom stereocenters. The molecule has 0 radical (unpaired) electrons. The van der Waals surface area contributed by atoms with Crippen LogP contribution in [0.25, 0.3) is 0 Å². The summed E-state index contributed by atoms with van der Waals surface area (Å²) >= 11 is 5.80. The van der Waals surface area contributed by atoms with E-state index in [1.807, 2.05) is 0 Å². The highest BCUT2D eigenvalue weighted by atomic mass is 35.5. The predicted molar refractivity (Wildman–Crippen MR) is 74.3 cm³/mol. The molecule has 1 nitrogen and oxygen atoms in total. The van der Waals surface area contributed by atoms with E-state index in [0.29, 0.717) is 0 Å². The molecule has 0 aromatic heterocycles. The largest absolute Gasteiger partial charge is 0.327 e. The topological polar surface area (TPSA) is 26.0 Å². The molecule has 1 aliphatic rings. The lowest BCUT2D eigenvalue weighted by molar-refractivity contribution is 0.169. The maximum Gasteiger partial charge on any atom is 0.141 e. The molecule has 1 aromatic carbocycles. The lowest BCUT2D eigenvalue weighted by Gasteiger charge is -2.39. The molecule has 1 aliphatic carbocycles. The highest BCUT2D eigenvalue weighted by Crippen LogP contribution is 2.39. The average molecular weight is 270 g/mol. The Morgan fingerprint density at radius 3 is 2.61 bits per heavy atom. The zero-order valence-electron chi connectivity index (χ0n) is 10.9. The number of nitrogens with two attached hydrogens (primary N) is 1. The van der Waals surface area contributed by atoms with E-state index in [1.54, 1.807) is 12.1 Å². The average Bonchev–Trinajstić information content (AvgIpc) is 2.35. The van der Waals surface area contributed by atoms with Gasteiger partial charge in [-0.2, -0.15) is 0 Å². The van der Waals surface area contributed by atoms with E-state index < -0.39 is 0 Å². The van der Waals surface area contributed by atoms with Crippen LogP contribution in [-0.2, 0) is 6.42 Å². The van der Waals surface area contributed by atoms with Crippen molar-refractivity contribution in [3.63, 3.8) is 0 Å². The van der Waals surface area contributed by atoms with Gasteiger partial charge in [0.1, 0.15) is 5.82 Å². The Kier molecular flexibility index (Phi) is 4.29. The van der Waals surface area contributed by atoms with Crippen LogP contribution in [0.15, 0.2) is 18.2 Å². The summed E-state index contributed by atoms with van der Waals surface area (Å²) in [5.41, 5.74) is 7.62. The summed E-state index contributed by atoms with van der Waals surface area (Å²) in [5, 5.41) is 0.188. The van der Waals surface area contributed by atoms with E-state index in [4.69, 9.17) is 17.3 Å². The number of benzene rings is 1. The van der Waals surface area contributed by atoms with Gasteiger partial charge in [-0.15, -0.1) is 0 Å². The van der Waals surface area contributed by atoms with E-state index in [9.17, 15) is 4.39 Å². The molecular formula is C15H21ClFN. The Labute approximate surface area is 114 Å². The summed E-state index contributed by atoms with van der Waals surface area (Å²) in [7, 11) is 0. The molecule has 0 saturated heterocycles. The first-order valence-electron chi connectivity index (χ1n) is 6.71. The van der Waals surface area contributed by atoms with Gasteiger partial charge >= 0.3 is 0 Å². The van der Waals surface area contributed by atoms with Crippen molar-refractivity contribution in [3.8, 4) is 0 Å². The van der Waals surface area contributed by atoms with Crippen molar-refractivity contribution in [1.29, 1.82) is 0 Å². The van der Waals surface area contributed by atoms with Gasteiger partial charge in [0.15, 0.2) is 0 Å². The molecule has 0 aliphatic heterocycles. The lowest BCUT2D eigenvalue weighted by atomic mass is 9.69. The number of halogens is 2. The van der Waals surface area contributed by atoms with Crippen LogP contribution in [0.2, 0.25) is 5.02 Å². The first-order valence-corrected chi connectivity index (χ1v) is 7.08. The van der Waals surface area contributed by atoms with Gasteiger partial charge < -0.3 is 5.73 Å². The van der Waals surface area contributed by atoms with E-state index in [1.165, 1.54) is 38.2 Å². The van der Waals surface area contributed by atoms with Crippen LogP contribution in [-0.4, -0.2) is 6.04 Å². The van der Waals surface area contributed by atoms with Crippen LogP contribution in [0.1, 0.15) is 44.6 Å². The second kappa shape index (κ2) is 5.58. The van der Waals surface area contributed by atoms with Crippen molar-refractivity contribution < 1.29 is 4.39 Å². The van der Waals surface area contributed by atoms with Gasteiger partial charge in [-0.25, -0.2) is 4.39 Å². The van der Waals surface area contributed by atoms with Crippen molar-refractivity contribution in [2.75, 3.05) is 0 Å². The minimum absolute atomic E-state index is 0.124. The molecule has 1 fully saturated rings. The molecule has 0 heterocycles. The molecule has 0 bridgehead atoms. The van der Waals surface area contributed by atoms with Gasteiger partial charge in [-0.3, -0.25) is 0 Å². The van der Waals surface area contributed by atoms with Gasteiger partial charge in [-0.1, -0.05) is 43.9 Å². The van der Waals surface area contributed by atoms with E-state index in [2.05, 4.69) is 6.92 Å². The quantitative estimate of drug-likeness (QED) is 0.869. The number of hydrogen-bond acceptors (Lipinski definition) is 1. The SMILES string of the molecule is CC1(C(N)Cc2ccc(F)c(Cl)c2)CCCCC1. The Morgan fingerprint density at radius 2 is 2.00 bits per heavy atom. The smallest absolute Gasteiger partial charge is 0.141 e. The van der Waals surface area contributed by atoms with Crippen LogP contribution in [0.4, 0.5) is 4.39 Å². The summed E-state index contributed by atoms with van der Waals surface area (Å²) < 4.78 is 13.1. The summed E-state index contributed by atoms with van der Waals surface area (Å²) in [6.07, 6.45) is 7.04. The van der Waals surface area contributed by atoms with Crippen molar-refractivity contribution in [2.45, 2.75) is 51.5 Å². The number of hydrogen-bond donors (Lipinski definition) is 1. The zero-order chi connectivity index (χ0) is 13.2. The molecule has 1 saturated carbocycles. The van der Waals surface area contributed by atoms with Crippen LogP contribution in [0.5, 0.6) is 0 Å². The highest BCUT2D eigenvalue weighted by Gasteiger charge is 2.33. The normalized spacial score (nSPS) is 20.7. The Morgan fingerprint density at radius 1 is 1.33 bits per heavy atom. The van der Waals surface area contributed by atoms with Crippen molar-refractivity contribution in [2.24, 2.45) is 11.1 Å². The Balaban J connectivity index is 2.05. The van der Waals surface area contributed by atoms with E-state index in [-0.39, 0.29) is 22.3 Å². The van der Waals surface area contributed by atoms with Crippen molar-refractivity contribution >= 4 is 11.6 Å². The van der Waals surface area contributed by atoms with Gasteiger partial charge in [0.05, 0.1) is 5.02 Å². The minimum atomic E-state index is -0.363. The first-order chi connectivity index (χ1) is 8.51. The third kappa shape index (κ3) is 3.04. The van der Waals surface area contributed by atoms with Crippen molar-refractivity contribution in [3.05, 3.63) is 34.6 Å². The highest BCUT2D eigenvalue weighted by molar-refractivity contribution is 6.30. The van der Waals surface area contributed by atoms with Crippen LogP contribution < -0.4 is 5.73 Å². The van der Waals surface area contributed by atoms with Crippen LogP contribution in [0, 0.1) is 11.2 Å². The van der Waals surface area contributed by atoms with Gasteiger partial charge in [-0.05, 0) is 42.4 Å². The molecule has 100 valence electrons. The fraction of sp³-hybridized carbons (Fsp3) is 0.600. The van der Waals surface area contributed by atoms with E-state index >= 15 is 0 Å². The molecule has 2 rings (SSSR count). The summed E-state index contributed by atoms with van der Waals surface area (Å²) in [5.74, 6) is -0.363. The molecule has 1 aromatic rings. The molecule has 3 heteroatoms. The molecule has 18 heavy (non-hydrogen) atoms. The molecule has 2 N–H and O–H groups in total. The van der Waals surface area contributed by atoms with Gasteiger partial charge in [0.25, 0.3) is 0 Å². The minimum Gasteiger partial charge on any atom is -0.327 e. The van der Waals surface area contributed by atoms with Crippen molar-refractivity contribution in [1.82, 2.24) is 0 Å².